The minimum Gasteiger partial charge on any atom is -0.465 e. The van der Waals surface area contributed by atoms with E-state index in [1.165, 1.54) is 0 Å². The van der Waals surface area contributed by atoms with Crippen molar-refractivity contribution in [1.82, 2.24) is 5.32 Å². The molecule has 3 nitrogen and oxygen atoms in total. The molecule has 0 bridgehead atoms. The summed E-state index contributed by atoms with van der Waals surface area (Å²) in [5.41, 5.74) is 0. The van der Waals surface area contributed by atoms with E-state index in [1.54, 1.807) is 7.11 Å². The SMILES string of the molecule is CC#CCN[C@H](COC)c1ccc(C)o1. The average molecular weight is 207 g/mol. The molecule has 1 aromatic heterocycles. The van der Waals surface area contributed by atoms with Gasteiger partial charge in [0.05, 0.1) is 19.2 Å². The van der Waals surface area contributed by atoms with E-state index in [0.29, 0.717) is 13.2 Å². The lowest BCUT2D eigenvalue weighted by Gasteiger charge is -2.13. The zero-order chi connectivity index (χ0) is 11.1. The summed E-state index contributed by atoms with van der Waals surface area (Å²) in [4.78, 5) is 0. The van der Waals surface area contributed by atoms with Crippen molar-refractivity contribution >= 4 is 0 Å². The van der Waals surface area contributed by atoms with Crippen molar-refractivity contribution in [1.29, 1.82) is 0 Å². The van der Waals surface area contributed by atoms with Crippen LogP contribution < -0.4 is 5.32 Å². The van der Waals surface area contributed by atoms with Crippen LogP contribution in [0.1, 0.15) is 24.5 Å². The predicted molar refractivity (Wildman–Crippen MR) is 59.5 cm³/mol. The highest BCUT2D eigenvalue weighted by Crippen LogP contribution is 2.16. The normalized spacial score (nSPS) is 11.9. The Hall–Kier alpha value is -1.24. The van der Waals surface area contributed by atoms with Gasteiger partial charge in [-0.05, 0) is 26.0 Å². The number of aryl methyl sites for hydroxylation is 1. The Morgan fingerprint density at radius 2 is 2.33 bits per heavy atom. The first-order chi connectivity index (χ1) is 7.27. The Bertz CT molecular complexity index is 346. The van der Waals surface area contributed by atoms with E-state index in [2.05, 4.69) is 17.2 Å². The molecule has 0 saturated carbocycles. The Morgan fingerprint density at radius 1 is 1.53 bits per heavy atom. The van der Waals surface area contributed by atoms with Crippen molar-refractivity contribution in [2.45, 2.75) is 19.9 Å². The topological polar surface area (TPSA) is 34.4 Å². The van der Waals surface area contributed by atoms with Crippen LogP contribution in [0.25, 0.3) is 0 Å². The number of hydrogen-bond acceptors (Lipinski definition) is 3. The van der Waals surface area contributed by atoms with E-state index in [9.17, 15) is 0 Å². The van der Waals surface area contributed by atoms with Crippen LogP contribution in [0, 0.1) is 18.8 Å². The maximum atomic E-state index is 5.54. The number of furan rings is 1. The standard InChI is InChI=1S/C12H17NO2/c1-4-5-8-13-11(9-14-3)12-7-6-10(2)15-12/h6-7,11,13H,8-9H2,1-3H3/t11-/m1/s1. The summed E-state index contributed by atoms with van der Waals surface area (Å²) in [7, 11) is 1.68. The predicted octanol–water partition coefficient (Wildman–Crippen LogP) is 1.89. The maximum absolute atomic E-state index is 5.54. The first kappa shape index (κ1) is 11.8. The molecule has 82 valence electrons. The van der Waals surface area contributed by atoms with Gasteiger partial charge >= 0.3 is 0 Å². The lowest BCUT2D eigenvalue weighted by atomic mass is 10.2. The van der Waals surface area contributed by atoms with Gasteiger partial charge in [0.2, 0.25) is 0 Å². The first-order valence-corrected chi connectivity index (χ1v) is 4.96. The van der Waals surface area contributed by atoms with Crippen molar-refractivity contribution in [3.8, 4) is 11.8 Å². The van der Waals surface area contributed by atoms with Crippen LogP contribution in [0.4, 0.5) is 0 Å². The molecule has 1 aromatic rings. The quantitative estimate of drug-likeness (QED) is 0.749. The Labute approximate surface area is 90.8 Å². The molecule has 0 aliphatic carbocycles. The van der Waals surface area contributed by atoms with Crippen LogP contribution in [0.15, 0.2) is 16.5 Å². The maximum Gasteiger partial charge on any atom is 0.123 e. The molecule has 15 heavy (non-hydrogen) atoms. The van der Waals surface area contributed by atoms with Crippen LogP contribution in [0.3, 0.4) is 0 Å². The van der Waals surface area contributed by atoms with Gasteiger partial charge in [-0.1, -0.05) is 5.92 Å². The lowest BCUT2D eigenvalue weighted by Crippen LogP contribution is -2.25. The summed E-state index contributed by atoms with van der Waals surface area (Å²) < 4.78 is 10.7. The molecular weight excluding hydrogens is 190 g/mol. The largest absolute Gasteiger partial charge is 0.465 e. The van der Waals surface area contributed by atoms with E-state index < -0.39 is 0 Å². The Kier molecular flexibility index (Phi) is 4.96. The molecule has 0 amide bonds. The van der Waals surface area contributed by atoms with Crippen molar-refractivity contribution in [2.24, 2.45) is 0 Å². The van der Waals surface area contributed by atoms with E-state index in [0.717, 1.165) is 11.5 Å². The van der Waals surface area contributed by atoms with Crippen LogP contribution in [-0.4, -0.2) is 20.3 Å². The average Bonchev–Trinajstić information content (AvgIpc) is 2.64. The molecular formula is C12H17NO2. The van der Waals surface area contributed by atoms with Gasteiger partial charge in [-0.2, -0.15) is 0 Å². The molecule has 0 spiro atoms. The number of rotatable bonds is 5. The van der Waals surface area contributed by atoms with E-state index in [1.807, 2.05) is 26.0 Å². The summed E-state index contributed by atoms with van der Waals surface area (Å²) in [5.74, 6) is 7.60. The minimum atomic E-state index is 0.0737. The molecule has 3 heteroatoms. The lowest BCUT2D eigenvalue weighted by molar-refractivity contribution is 0.159. The second-order valence-electron chi connectivity index (χ2n) is 3.26. The summed E-state index contributed by atoms with van der Waals surface area (Å²) in [6.07, 6.45) is 0. The van der Waals surface area contributed by atoms with Crippen LogP contribution in [-0.2, 0) is 4.74 Å². The first-order valence-electron chi connectivity index (χ1n) is 4.96. The van der Waals surface area contributed by atoms with Gasteiger partial charge < -0.3 is 9.15 Å². The second-order valence-corrected chi connectivity index (χ2v) is 3.26. The smallest absolute Gasteiger partial charge is 0.123 e. The summed E-state index contributed by atoms with van der Waals surface area (Å²) >= 11 is 0. The van der Waals surface area contributed by atoms with Gasteiger partial charge in [0.25, 0.3) is 0 Å². The molecule has 0 aliphatic rings. The number of ether oxygens (including phenoxy) is 1. The summed E-state index contributed by atoms with van der Waals surface area (Å²) in [6.45, 7) is 4.98. The third kappa shape index (κ3) is 3.78. The fourth-order valence-corrected chi connectivity index (χ4v) is 1.31. The third-order valence-corrected chi connectivity index (χ3v) is 2.05. The molecule has 0 unspecified atom stereocenters. The van der Waals surface area contributed by atoms with Crippen LogP contribution in [0.5, 0.6) is 0 Å². The summed E-state index contributed by atoms with van der Waals surface area (Å²) in [5, 5.41) is 3.26. The number of nitrogens with one attached hydrogen (secondary N) is 1. The Morgan fingerprint density at radius 3 is 2.87 bits per heavy atom. The highest BCUT2D eigenvalue weighted by Gasteiger charge is 2.13. The molecule has 1 N–H and O–H groups in total. The monoisotopic (exact) mass is 207 g/mol. The van der Waals surface area contributed by atoms with Gasteiger partial charge in [0, 0.05) is 7.11 Å². The summed E-state index contributed by atoms with van der Waals surface area (Å²) in [6, 6.07) is 3.99. The van der Waals surface area contributed by atoms with E-state index in [4.69, 9.17) is 9.15 Å². The van der Waals surface area contributed by atoms with Gasteiger partial charge in [-0.15, -0.1) is 5.92 Å². The molecule has 1 heterocycles. The van der Waals surface area contributed by atoms with Crippen molar-refractivity contribution in [2.75, 3.05) is 20.3 Å². The highest BCUT2D eigenvalue weighted by atomic mass is 16.5. The van der Waals surface area contributed by atoms with Gasteiger partial charge in [-0.3, -0.25) is 5.32 Å². The molecule has 0 aromatic carbocycles. The minimum absolute atomic E-state index is 0.0737. The molecule has 0 aliphatic heterocycles. The van der Waals surface area contributed by atoms with Gasteiger partial charge in [0.1, 0.15) is 11.5 Å². The number of methoxy groups -OCH3 is 1. The second kappa shape index (κ2) is 6.28. The van der Waals surface area contributed by atoms with Gasteiger partial charge in [-0.25, -0.2) is 0 Å². The Balaban J connectivity index is 2.59. The molecule has 1 rings (SSSR count). The fraction of sp³-hybridized carbons (Fsp3) is 0.500. The highest BCUT2D eigenvalue weighted by molar-refractivity contribution is 5.10. The van der Waals surface area contributed by atoms with Crippen molar-refractivity contribution in [3.05, 3.63) is 23.7 Å². The van der Waals surface area contributed by atoms with Crippen LogP contribution in [0.2, 0.25) is 0 Å². The fourth-order valence-electron chi connectivity index (χ4n) is 1.31. The van der Waals surface area contributed by atoms with Crippen molar-refractivity contribution in [3.63, 3.8) is 0 Å². The van der Waals surface area contributed by atoms with E-state index in [-0.39, 0.29) is 6.04 Å². The number of hydrogen-bond donors (Lipinski definition) is 1. The molecule has 1 atom stereocenters. The molecule has 0 fully saturated rings. The van der Waals surface area contributed by atoms with E-state index >= 15 is 0 Å². The zero-order valence-corrected chi connectivity index (χ0v) is 9.46. The van der Waals surface area contributed by atoms with Crippen molar-refractivity contribution < 1.29 is 9.15 Å². The van der Waals surface area contributed by atoms with Gasteiger partial charge in [0.15, 0.2) is 0 Å². The zero-order valence-electron chi connectivity index (χ0n) is 9.46. The van der Waals surface area contributed by atoms with Crippen LogP contribution >= 0.6 is 0 Å². The molecule has 0 radical (unpaired) electrons. The third-order valence-electron chi connectivity index (χ3n) is 2.05. The molecule has 0 saturated heterocycles.